The monoisotopic (exact) mass is 338 g/mol. The van der Waals surface area contributed by atoms with E-state index in [0.29, 0.717) is 16.9 Å². The Labute approximate surface area is 146 Å². The van der Waals surface area contributed by atoms with Crippen LogP contribution in [0.5, 0.6) is 0 Å². The minimum atomic E-state index is -0.530. The maximum Gasteiger partial charge on any atom is 0.228 e. The van der Waals surface area contributed by atoms with Gasteiger partial charge in [-0.15, -0.1) is 0 Å². The van der Waals surface area contributed by atoms with Crippen molar-refractivity contribution in [2.45, 2.75) is 19.8 Å². The van der Waals surface area contributed by atoms with E-state index >= 15 is 0 Å². The molecule has 0 bridgehead atoms. The normalized spacial score (nSPS) is 14.0. The molecule has 5 nitrogen and oxygen atoms in total. The van der Waals surface area contributed by atoms with Crippen LogP contribution in [0.3, 0.4) is 0 Å². The molecule has 0 atom stereocenters. The highest BCUT2D eigenvalue weighted by Crippen LogP contribution is 2.24. The molecular formula is C19H19FN4O. The fourth-order valence-electron chi connectivity index (χ4n) is 2.75. The van der Waals surface area contributed by atoms with Crippen molar-refractivity contribution in [2.24, 2.45) is 0 Å². The topological polar surface area (TPSA) is 68.7 Å². The first-order valence-corrected chi connectivity index (χ1v) is 8.15. The van der Waals surface area contributed by atoms with Gasteiger partial charge in [0, 0.05) is 31.0 Å². The molecule has 3 rings (SSSR count). The first kappa shape index (κ1) is 17.1. The Balaban J connectivity index is 1.64. The highest BCUT2D eigenvalue weighted by molar-refractivity contribution is 5.57. The molecule has 25 heavy (non-hydrogen) atoms. The second-order valence-electron chi connectivity index (χ2n) is 5.88. The van der Waals surface area contributed by atoms with Gasteiger partial charge in [-0.3, -0.25) is 0 Å². The molecule has 1 fully saturated rings. The van der Waals surface area contributed by atoms with Gasteiger partial charge in [-0.1, -0.05) is 17.4 Å². The molecule has 6 heteroatoms. The summed E-state index contributed by atoms with van der Waals surface area (Å²) < 4.78 is 13.6. The molecule has 1 saturated heterocycles. The van der Waals surface area contributed by atoms with Crippen molar-refractivity contribution < 1.29 is 9.87 Å². The number of hydrogen-bond acceptors (Lipinski definition) is 4. The highest BCUT2D eigenvalue weighted by Gasteiger charge is 2.18. The smallest absolute Gasteiger partial charge is 0.228 e. The zero-order valence-corrected chi connectivity index (χ0v) is 14.0. The van der Waals surface area contributed by atoms with Crippen LogP contribution in [0.15, 0.2) is 42.1 Å². The van der Waals surface area contributed by atoms with Crippen LogP contribution in [0.1, 0.15) is 24.1 Å². The second kappa shape index (κ2) is 7.88. The summed E-state index contributed by atoms with van der Waals surface area (Å²) in [6.07, 6.45) is 5.25. The summed E-state index contributed by atoms with van der Waals surface area (Å²) in [5.41, 5.74) is 3.61. The Bertz CT molecular complexity index is 844. The molecule has 0 aliphatic carbocycles. The zero-order valence-electron chi connectivity index (χ0n) is 14.0. The minimum Gasteiger partial charge on any atom is -0.630 e. The Morgan fingerprint density at radius 2 is 2.08 bits per heavy atom. The van der Waals surface area contributed by atoms with Crippen LogP contribution in [-0.2, 0) is 0 Å². The Morgan fingerprint density at radius 3 is 2.80 bits per heavy atom. The van der Waals surface area contributed by atoms with Crippen molar-refractivity contribution in [3.05, 3.63) is 64.5 Å². The van der Waals surface area contributed by atoms with Gasteiger partial charge < -0.3 is 15.6 Å². The van der Waals surface area contributed by atoms with Gasteiger partial charge in [0.15, 0.2) is 11.5 Å². The van der Waals surface area contributed by atoms with Crippen molar-refractivity contribution in [1.29, 1.82) is 0 Å². The predicted octanol–water partition coefficient (Wildman–Crippen LogP) is 2.20. The number of halogens is 1. The number of aromatic nitrogens is 2. The zero-order chi connectivity index (χ0) is 17.6. The summed E-state index contributed by atoms with van der Waals surface area (Å²) in [6.45, 7) is 3.31. The van der Waals surface area contributed by atoms with Crippen LogP contribution in [0.25, 0.3) is 0 Å². The fraction of sp³-hybridized carbons (Fsp3) is 0.263. The van der Waals surface area contributed by atoms with Gasteiger partial charge in [-0.05, 0) is 44.0 Å². The van der Waals surface area contributed by atoms with Gasteiger partial charge in [0.2, 0.25) is 5.95 Å². The van der Waals surface area contributed by atoms with Gasteiger partial charge in [0.25, 0.3) is 0 Å². The van der Waals surface area contributed by atoms with Crippen molar-refractivity contribution in [2.75, 3.05) is 18.0 Å². The van der Waals surface area contributed by atoms with E-state index in [1.807, 2.05) is 6.08 Å². The van der Waals surface area contributed by atoms with Crippen LogP contribution in [-0.4, -0.2) is 23.1 Å². The molecule has 0 radical (unpaired) electrons. The first-order valence-electron chi connectivity index (χ1n) is 8.15. The molecule has 3 heterocycles. The van der Waals surface area contributed by atoms with Crippen LogP contribution >= 0.6 is 0 Å². The lowest BCUT2D eigenvalue weighted by molar-refractivity contribution is -0.496. The molecule has 2 aromatic heterocycles. The third-order valence-corrected chi connectivity index (χ3v) is 4.12. The quantitative estimate of drug-likeness (QED) is 0.518. The Morgan fingerprint density at radius 1 is 1.28 bits per heavy atom. The summed E-state index contributed by atoms with van der Waals surface area (Å²) in [6, 6.07) is 6.93. The Hall–Kier alpha value is -2.75. The number of nitrogens with two attached hydrogens (primary N) is 1. The molecule has 1 aliphatic heterocycles. The van der Waals surface area contributed by atoms with Gasteiger partial charge in [-0.2, -0.15) is 4.39 Å². The number of quaternary nitrogens is 1. The average Bonchev–Trinajstić information content (AvgIpc) is 2.64. The van der Waals surface area contributed by atoms with Crippen molar-refractivity contribution in [3.63, 3.8) is 0 Å². The summed E-state index contributed by atoms with van der Waals surface area (Å²) in [5, 5.41) is 11.1. The molecule has 0 aromatic carbocycles. The molecule has 1 aliphatic rings. The van der Waals surface area contributed by atoms with Crippen LogP contribution in [0, 0.1) is 29.9 Å². The summed E-state index contributed by atoms with van der Waals surface area (Å²) in [5.74, 6) is 5.94. The predicted molar refractivity (Wildman–Crippen MR) is 94.5 cm³/mol. The average molecular weight is 338 g/mol. The molecule has 0 amide bonds. The number of hydrogen-bond donors (Lipinski definition) is 1. The van der Waals surface area contributed by atoms with Gasteiger partial charge >= 0.3 is 0 Å². The van der Waals surface area contributed by atoms with E-state index in [-0.39, 0.29) is 0 Å². The SMILES string of the molecule is Cc1ccc(C#CC=C2CCN(c3ncccc3[NH2+][O-])CC2)c(F)n1. The van der Waals surface area contributed by atoms with E-state index in [2.05, 4.69) is 26.7 Å². The van der Waals surface area contributed by atoms with Crippen LogP contribution in [0.4, 0.5) is 15.9 Å². The number of aryl methyl sites for hydroxylation is 1. The first-order chi connectivity index (χ1) is 12.2. The largest absolute Gasteiger partial charge is 0.630 e. The molecule has 2 N–H and O–H groups in total. The lowest BCUT2D eigenvalue weighted by Crippen LogP contribution is -2.70. The number of pyridine rings is 2. The summed E-state index contributed by atoms with van der Waals surface area (Å²) in [7, 11) is 0. The highest BCUT2D eigenvalue weighted by atomic mass is 19.1. The lowest BCUT2D eigenvalue weighted by Gasteiger charge is -2.29. The second-order valence-corrected chi connectivity index (χ2v) is 5.88. The maximum atomic E-state index is 13.6. The van der Waals surface area contributed by atoms with Crippen molar-refractivity contribution >= 4 is 11.5 Å². The van der Waals surface area contributed by atoms with E-state index < -0.39 is 5.95 Å². The van der Waals surface area contributed by atoms with E-state index in [1.54, 1.807) is 37.4 Å². The lowest BCUT2D eigenvalue weighted by atomic mass is 10.0. The molecule has 128 valence electrons. The molecule has 0 unspecified atom stereocenters. The fourth-order valence-corrected chi connectivity index (χ4v) is 2.75. The minimum absolute atomic E-state index is 0.309. The molecule has 0 saturated carbocycles. The maximum absolute atomic E-state index is 13.6. The van der Waals surface area contributed by atoms with E-state index in [9.17, 15) is 9.60 Å². The van der Waals surface area contributed by atoms with E-state index in [4.69, 9.17) is 0 Å². The number of piperidine rings is 1. The summed E-state index contributed by atoms with van der Waals surface area (Å²) in [4.78, 5) is 10.2. The molecule has 2 aromatic rings. The Kier molecular flexibility index (Phi) is 5.39. The summed E-state index contributed by atoms with van der Waals surface area (Å²) >= 11 is 0. The van der Waals surface area contributed by atoms with Gasteiger partial charge in [0.05, 0.1) is 5.56 Å². The van der Waals surface area contributed by atoms with Crippen LogP contribution in [0.2, 0.25) is 0 Å². The third-order valence-electron chi connectivity index (χ3n) is 4.12. The van der Waals surface area contributed by atoms with Gasteiger partial charge in [-0.25, -0.2) is 9.97 Å². The van der Waals surface area contributed by atoms with E-state index in [1.165, 1.54) is 5.57 Å². The number of nitrogens with zero attached hydrogens (tertiary/aromatic N) is 3. The molecule has 0 spiro atoms. The third kappa shape index (κ3) is 4.21. The number of allylic oxidation sites excluding steroid dienone is 1. The van der Waals surface area contributed by atoms with E-state index in [0.717, 1.165) is 37.2 Å². The number of anilines is 1. The molecular weight excluding hydrogens is 319 g/mol. The number of rotatable bonds is 2. The van der Waals surface area contributed by atoms with Crippen LogP contribution < -0.4 is 10.4 Å². The standard InChI is InChI=1S/C19H19FN4O/c1-14-7-8-16(18(20)22-14)5-2-4-15-9-12-24(13-10-15)19-17(23-25)6-3-11-21-19/h3-4,6-8,11H,9-10,12-13,23H2,1H3. The van der Waals surface area contributed by atoms with Crippen molar-refractivity contribution in [1.82, 2.24) is 9.97 Å². The van der Waals surface area contributed by atoms with Crippen molar-refractivity contribution in [3.8, 4) is 11.8 Å². The van der Waals surface area contributed by atoms with Gasteiger partial charge in [0.1, 0.15) is 0 Å².